The first-order chi connectivity index (χ1) is 13.9. The maximum atomic E-state index is 11.9. The maximum Gasteiger partial charge on any atom is 0.227 e. The Morgan fingerprint density at radius 2 is 1.97 bits per heavy atom. The van der Waals surface area contributed by atoms with Crippen LogP contribution in [0.2, 0.25) is 0 Å². The summed E-state index contributed by atoms with van der Waals surface area (Å²) in [7, 11) is 0. The van der Waals surface area contributed by atoms with Crippen LogP contribution in [0.15, 0.2) is 39.9 Å². The average Bonchev–Trinajstić information content (AvgIpc) is 3.33. The summed E-state index contributed by atoms with van der Waals surface area (Å²) >= 11 is 0. The van der Waals surface area contributed by atoms with Gasteiger partial charge in [-0.15, -0.1) is 24.0 Å². The molecule has 30 heavy (non-hydrogen) atoms. The van der Waals surface area contributed by atoms with E-state index < -0.39 is 0 Å². The molecule has 0 bridgehead atoms. The van der Waals surface area contributed by atoms with E-state index in [1.54, 1.807) is 6.20 Å². The Hall–Kier alpha value is -2.10. The fourth-order valence-corrected chi connectivity index (χ4v) is 3.11. The van der Waals surface area contributed by atoms with Crippen molar-refractivity contribution in [2.75, 3.05) is 18.0 Å². The minimum Gasteiger partial charge on any atom is -0.443 e. The molecular formula is C22H32IN5O2. The Kier molecular flexibility index (Phi) is 8.69. The van der Waals surface area contributed by atoms with Crippen LogP contribution in [0.3, 0.4) is 0 Å². The van der Waals surface area contributed by atoms with Crippen molar-refractivity contribution in [2.45, 2.75) is 59.0 Å². The van der Waals surface area contributed by atoms with E-state index in [0.29, 0.717) is 31.4 Å². The van der Waals surface area contributed by atoms with Gasteiger partial charge in [-0.25, -0.2) is 9.98 Å². The summed E-state index contributed by atoms with van der Waals surface area (Å²) in [5.74, 6) is 2.42. The van der Waals surface area contributed by atoms with Gasteiger partial charge in [0.05, 0.1) is 19.3 Å². The number of hydrogen-bond donors (Lipinski definition) is 2. The molecule has 1 aliphatic rings. The molecule has 3 rings (SSSR count). The van der Waals surface area contributed by atoms with E-state index in [4.69, 9.17) is 4.42 Å². The van der Waals surface area contributed by atoms with Crippen molar-refractivity contribution in [1.82, 2.24) is 15.6 Å². The highest BCUT2D eigenvalue weighted by Gasteiger charge is 2.21. The molecule has 1 amide bonds. The molecule has 0 atom stereocenters. The zero-order chi connectivity index (χ0) is 20.9. The van der Waals surface area contributed by atoms with Gasteiger partial charge >= 0.3 is 0 Å². The minimum absolute atomic E-state index is 0. The molecule has 1 fully saturated rings. The number of oxazole rings is 1. The van der Waals surface area contributed by atoms with Crippen molar-refractivity contribution in [1.29, 1.82) is 0 Å². The molecule has 1 aliphatic heterocycles. The van der Waals surface area contributed by atoms with Crippen LogP contribution in [0.25, 0.3) is 0 Å². The molecule has 1 saturated heterocycles. The fraction of sp³-hybridized carbons (Fsp3) is 0.500. The Bertz CT molecular complexity index is 855. The van der Waals surface area contributed by atoms with Crippen molar-refractivity contribution in [3.05, 3.63) is 47.7 Å². The second-order valence-corrected chi connectivity index (χ2v) is 8.23. The molecule has 0 spiro atoms. The first-order valence-corrected chi connectivity index (χ1v) is 10.2. The van der Waals surface area contributed by atoms with Crippen LogP contribution < -0.4 is 15.5 Å². The van der Waals surface area contributed by atoms with Crippen LogP contribution in [0, 0.1) is 0 Å². The molecular weight excluding hydrogens is 493 g/mol. The lowest BCUT2D eigenvalue weighted by atomic mass is 9.94. The number of halogens is 1. The number of carbonyl (C=O) groups excluding carboxylic acids is 1. The summed E-state index contributed by atoms with van der Waals surface area (Å²) in [6.07, 6.45) is 3.36. The molecule has 7 nitrogen and oxygen atoms in total. The number of aliphatic imine (C=N–C) groups is 1. The van der Waals surface area contributed by atoms with Crippen LogP contribution >= 0.6 is 24.0 Å². The van der Waals surface area contributed by atoms with Gasteiger partial charge in [-0.2, -0.15) is 0 Å². The highest BCUT2D eigenvalue weighted by molar-refractivity contribution is 14.0. The number of nitrogens with zero attached hydrogens (tertiary/aromatic N) is 3. The zero-order valence-electron chi connectivity index (χ0n) is 18.2. The van der Waals surface area contributed by atoms with Gasteiger partial charge in [0.15, 0.2) is 5.96 Å². The molecule has 8 heteroatoms. The van der Waals surface area contributed by atoms with Gasteiger partial charge in [-0.3, -0.25) is 4.79 Å². The van der Waals surface area contributed by atoms with Crippen molar-refractivity contribution >= 4 is 41.5 Å². The van der Waals surface area contributed by atoms with Gasteiger partial charge in [0.25, 0.3) is 0 Å². The molecule has 0 radical (unpaired) electrons. The highest BCUT2D eigenvalue weighted by Crippen LogP contribution is 2.23. The van der Waals surface area contributed by atoms with E-state index in [-0.39, 0.29) is 35.3 Å². The summed E-state index contributed by atoms with van der Waals surface area (Å²) in [6, 6.07) is 8.04. The highest BCUT2D eigenvalue weighted by atomic mass is 127. The zero-order valence-corrected chi connectivity index (χ0v) is 20.5. The Morgan fingerprint density at radius 1 is 1.23 bits per heavy atom. The van der Waals surface area contributed by atoms with Crippen molar-refractivity contribution in [3.63, 3.8) is 0 Å². The summed E-state index contributed by atoms with van der Waals surface area (Å²) in [5.41, 5.74) is 1.99. The number of rotatable bonds is 6. The third-order valence-electron chi connectivity index (χ3n) is 4.79. The van der Waals surface area contributed by atoms with E-state index in [9.17, 15) is 4.79 Å². The van der Waals surface area contributed by atoms with Crippen LogP contribution in [0.1, 0.15) is 57.8 Å². The number of carbonyl (C=O) groups is 1. The third kappa shape index (κ3) is 6.45. The van der Waals surface area contributed by atoms with Crippen molar-refractivity contribution in [3.8, 4) is 0 Å². The normalized spacial score (nSPS) is 14.6. The fourth-order valence-electron chi connectivity index (χ4n) is 3.11. The average molecular weight is 525 g/mol. The lowest BCUT2D eigenvalue weighted by Crippen LogP contribution is -2.36. The lowest BCUT2D eigenvalue weighted by molar-refractivity contribution is -0.117. The number of nitrogens with one attached hydrogen (secondary N) is 2. The second kappa shape index (κ2) is 10.8. The topological polar surface area (TPSA) is 82.8 Å². The van der Waals surface area contributed by atoms with Gasteiger partial charge in [-0.05, 0) is 31.0 Å². The SMILES string of the molecule is CCNC(=NCc1ccc(N2CCCC2=O)cc1)NCc1ncc(C(C)(C)C)o1.I. The second-order valence-electron chi connectivity index (χ2n) is 8.23. The summed E-state index contributed by atoms with van der Waals surface area (Å²) in [5, 5.41) is 6.50. The van der Waals surface area contributed by atoms with Crippen LogP contribution in [-0.2, 0) is 23.3 Å². The molecule has 0 saturated carbocycles. The Labute approximate surface area is 195 Å². The van der Waals surface area contributed by atoms with Crippen molar-refractivity contribution < 1.29 is 9.21 Å². The number of anilines is 1. The number of hydrogen-bond acceptors (Lipinski definition) is 4. The molecule has 0 unspecified atom stereocenters. The van der Waals surface area contributed by atoms with Gasteiger partial charge in [0.2, 0.25) is 11.8 Å². The lowest BCUT2D eigenvalue weighted by Gasteiger charge is -2.15. The predicted molar refractivity (Wildman–Crippen MR) is 130 cm³/mol. The number of benzene rings is 1. The molecule has 2 aromatic rings. The Morgan fingerprint density at radius 3 is 2.53 bits per heavy atom. The molecule has 2 heterocycles. The Balaban J connectivity index is 0.00000320. The molecule has 2 N–H and O–H groups in total. The van der Waals surface area contributed by atoms with Crippen molar-refractivity contribution in [2.24, 2.45) is 4.99 Å². The third-order valence-corrected chi connectivity index (χ3v) is 4.79. The first-order valence-electron chi connectivity index (χ1n) is 10.2. The van der Waals surface area contributed by atoms with Gasteiger partial charge < -0.3 is 20.0 Å². The van der Waals surface area contributed by atoms with Gasteiger partial charge in [-0.1, -0.05) is 32.9 Å². The summed E-state index contributed by atoms with van der Waals surface area (Å²) in [6.45, 7) is 10.9. The monoisotopic (exact) mass is 525 g/mol. The quantitative estimate of drug-likeness (QED) is 0.339. The van der Waals surface area contributed by atoms with Gasteiger partial charge in [0.1, 0.15) is 5.76 Å². The minimum atomic E-state index is -0.0598. The smallest absolute Gasteiger partial charge is 0.227 e. The number of guanidine groups is 1. The predicted octanol–water partition coefficient (Wildman–Crippen LogP) is 3.97. The van der Waals surface area contributed by atoms with E-state index in [0.717, 1.165) is 36.5 Å². The molecule has 0 aliphatic carbocycles. The van der Waals surface area contributed by atoms with E-state index in [2.05, 4.69) is 41.4 Å². The standard InChI is InChI=1S/C22H31N5O2.HI/c1-5-23-21(26-15-19-24-14-18(29-19)22(2,3)4)25-13-16-8-10-17(11-9-16)27-12-6-7-20(27)28;/h8-11,14H,5-7,12-13,15H2,1-4H3,(H2,23,25,26);1H. The largest absolute Gasteiger partial charge is 0.443 e. The van der Waals surface area contributed by atoms with E-state index in [1.807, 2.05) is 36.1 Å². The number of amides is 1. The maximum absolute atomic E-state index is 11.9. The summed E-state index contributed by atoms with van der Waals surface area (Å²) in [4.78, 5) is 22.7. The molecule has 1 aromatic carbocycles. The first kappa shape index (κ1) is 24.2. The molecule has 164 valence electrons. The molecule has 1 aromatic heterocycles. The number of aromatic nitrogens is 1. The summed E-state index contributed by atoms with van der Waals surface area (Å²) < 4.78 is 5.82. The van der Waals surface area contributed by atoms with Crippen LogP contribution in [-0.4, -0.2) is 29.9 Å². The van der Waals surface area contributed by atoms with E-state index in [1.165, 1.54) is 0 Å². The van der Waals surface area contributed by atoms with Crippen LogP contribution in [0.4, 0.5) is 5.69 Å². The van der Waals surface area contributed by atoms with E-state index >= 15 is 0 Å². The van der Waals surface area contributed by atoms with Crippen LogP contribution in [0.5, 0.6) is 0 Å². The van der Waals surface area contributed by atoms with Gasteiger partial charge in [0, 0.05) is 30.6 Å².